The second kappa shape index (κ2) is 8.65. The van der Waals surface area contributed by atoms with Gasteiger partial charge in [-0.3, -0.25) is 9.59 Å². The molecule has 0 spiro atoms. The van der Waals surface area contributed by atoms with Crippen LogP contribution in [-0.2, 0) is 9.59 Å². The van der Waals surface area contributed by atoms with Gasteiger partial charge in [0.2, 0.25) is 11.8 Å². The quantitative estimate of drug-likeness (QED) is 0.824. The van der Waals surface area contributed by atoms with Crippen LogP contribution in [0.5, 0.6) is 0 Å². The molecular weight excluding hydrogens is 331 g/mol. The van der Waals surface area contributed by atoms with Crippen LogP contribution in [0.3, 0.4) is 0 Å². The number of carbonyl (C=O) groups is 2. The molecule has 26 heavy (non-hydrogen) atoms. The number of piperazine rings is 1. The highest BCUT2D eigenvalue weighted by molar-refractivity contribution is 5.80. The zero-order valence-corrected chi connectivity index (χ0v) is 15.6. The average molecular weight is 360 g/mol. The third-order valence-electron chi connectivity index (χ3n) is 5.82. The van der Waals surface area contributed by atoms with Crippen LogP contribution in [0, 0.1) is 11.7 Å². The van der Waals surface area contributed by atoms with Crippen molar-refractivity contribution in [1.82, 2.24) is 9.80 Å². The zero-order chi connectivity index (χ0) is 18.5. The summed E-state index contributed by atoms with van der Waals surface area (Å²) < 4.78 is 13.0. The Balaban J connectivity index is 1.47. The Bertz CT molecular complexity index is 617. The minimum absolute atomic E-state index is 0.0602. The number of halogens is 1. The molecule has 2 fully saturated rings. The van der Waals surface area contributed by atoms with Crippen molar-refractivity contribution in [3.05, 3.63) is 35.6 Å². The Morgan fingerprint density at radius 2 is 1.58 bits per heavy atom. The molecule has 2 aliphatic rings. The highest BCUT2D eigenvalue weighted by Gasteiger charge is 2.30. The van der Waals surface area contributed by atoms with E-state index in [1.54, 1.807) is 12.1 Å². The first kappa shape index (κ1) is 18.9. The van der Waals surface area contributed by atoms with E-state index in [1.165, 1.54) is 18.6 Å². The average Bonchev–Trinajstić information content (AvgIpc) is 2.68. The summed E-state index contributed by atoms with van der Waals surface area (Å²) in [6.45, 7) is 4.52. The monoisotopic (exact) mass is 360 g/mol. The molecule has 1 saturated carbocycles. The maximum absolute atomic E-state index is 13.0. The second-order valence-electron chi connectivity index (χ2n) is 7.70. The number of hydrogen-bond acceptors (Lipinski definition) is 2. The summed E-state index contributed by atoms with van der Waals surface area (Å²) in [5.74, 6) is 0.406. The molecule has 1 aliphatic heterocycles. The molecule has 0 radical (unpaired) electrons. The predicted molar refractivity (Wildman–Crippen MR) is 99.2 cm³/mol. The fourth-order valence-electron chi connectivity index (χ4n) is 4.08. The van der Waals surface area contributed by atoms with Gasteiger partial charge in [-0.15, -0.1) is 0 Å². The summed E-state index contributed by atoms with van der Waals surface area (Å²) in [6.07, 6.45) is 6.03. The Morgan fingerprint density at radius 3 is 2.19 bits per heavy atom. The number of amides is 2. The fourth-order valence-corrected chi connectivity index (χ4v) is 4.08. The van der Waals surface area contributed by atoms with Crippen LogP contribution >= 0.6 is 0 Å². The predicted octanol–water partition coefficient (Wildman–Crippen LogP) is 3.57. The van der Waals surface area contributed by atoms with Crippen LogP contribution < -0.4 is 0 Å². The molecule has 1 unspecified atom stereocenters. The number of hydrogen-bond donors (Lipinski definition) is 0. The first-order chi connectivity index (χ1) is 12.5. The highest BCUT2D eigenvalue weighted by atomic mass is 19.1. The molecule has 1 atom stereocenters. The molecule has 1 saturated heterocycles. The van der Waals surface area contributed by atoms with Crippen molar-refractivity contribution in [2.45, 2.75) is 51.4 Å². The van der Waals surface area contributed by atoms with Gasteiger partial charge in [0, 0.05) is 38.5 Å². The summed E-state index contributed by atoms with van der Waals surface area (Å²) in [5, 5.41) is 0. The Morgan fingerprint density at radius 1 is 1.00 bits per heavy atom. The second-order valence-corrected chi connectivity index (χ2v) is 7.70. The fraction of sp³-hybridized carbons (Fsp3) is 0.619. The Hall–Kier alpha value is -1.91. The van der Waals surface area contributed by atoms with Gasteiger partial charge in [0.1, 0.15) is 5.82 Å². The number of carbonyl (C=O) groups excluding carboxylic acids is 2. The van der Waals surface area contributed by atoms with E-state index in [4.69, 9.17) is 0 Å². The van der Waals surface area contributed by atoms with E-state index < -0.39 is 0 Å². The molecule has 0 bridgehead atoms. The lowest BCUT2D eigenvalue weighted by molar-refractivity contribution is -0.143. The van der Waals surface area contributed by atoms with E-state index in [1.807, 2.05) is 16.7 Å². The van der Waals surface area contributed by atoms with Gasteiger partial charge in [-0.2, -0.15) is 0 Å². The van der Waals surface area contributed by atoms with Crippen molar-refractivity contribution < 1.29 is 14.0 Å². The Labute approximate surface area is 155 Å². The summed E-state index contributed by atoms with van der Waals surface area (Å²) >= 11 is 0. The van der Waals surface area contributed by atoms with Gasteiger partial charge in [0.25, 0.3) is 0 Å². The summed E-state index contributed by atoms with van der Waals surface area (Å²) in [7, 11) is 0. The molecule has 0 aromatic heterocycles. The third kappa shape index (κ3) is 4.63. The largest absolute Gasteiger partial charge is 0.339 e. The van der Waals surface area contributed by atoms with E-state index in [2.05, 4.69) is 0 Å². The van der Waals surface area contributed by atoms with Gasteiger partial charge >= 0.3 is 0 Å². The zero-order valence-electron chi connectivity index (χ0n) is 15.6. The van der Waals surface area contributed by atoms with E-state index in [0.29, 0.717) is 32.6 Å². The number of nitrogens with zero attached hydrogens (tertiary/aromatic N) is 2. The molecule has 1 aromatic carbocycles. The van der Waals surface area contributed by atoms with Crippen LogP contribution in [-0.4, -0.2) is 47.8 Å². The highest BCUT2D eigenvalue weighted by Crippen LogP contribution is 2.26. The molecule has 1 aliphatic carbocycles. The summed E-state index contributed by atoms with van der Waals surface area (Å²) in [4.78, 5) is 29.0. The molecule has 2 amide bonds. The molecule has 1 heterocycles. The molecule has 3 rings (SSSR count). The molecule has 1 aromatic rings. The lowest BCUT2D eigenvalue weighted by Crippen LogP contribution is -2.52. The maximum Gasteiger partial charge on any atom is 0.225 e. The normalized spacial score (nSPS) is 20.1. The van der Waals surface area contributed by atoms with E-state index in [9.17, 15) is 14.0 Å². The minimum atomic E-state index is -0.258. The van der Waals surface area contributed by atoms with Crippen molar-refractivity contribution in [3.63, 3.8) is 0 Å². The molecule has 5 heteroatoms. The SMILES string of the molecule is CC(CC(=O)N1CCN(C(=O)C2CCCCC2)CC1)c1ccc(F)cc1. The maximum atomic E-state index is 13.0. The van der Waals surface area contributed by atoms with E-state index in [-0.39, 0.29) is 29.5 Å². The molecular formula is C21H29FN2O2. The smallest absolute Gasteiger partial charge is 0.225 e. The molecule has 142 valence electrons. The van der Waals surface area contributed by atoms with Gasteiger partial charge in [-0.1, -0.05) is 38.3 Å². The lowest BCUT2D eigenvalue weighted by Gasteiger charge is -2.37. The van der Waals surface area contributed by atoms with Crippen molar-refractivity contribution >= 4 is 11.8 Å². The minimum Gasteiger partial charge on any atom is -0.339 e. The van der Waals surface area contributed by atoms with Gasteiger partial charge in [-0.05, 0) is 36.5 Å². The topological polar surface area (TPSA) is 40.6 Å². The van der Waals surface area contributed by atoms with Crippen molar-refractivity contribution in [3.8, 4) is 0 Å². The van der Waals surface area contributed by atoms with E-state index >= 15 is 0 Å². The number of benzene rings is 1. The summed E-state index contributed by atoms with van der Waals surface area (Å²) in [6, 6.07) is 6.36. The van der Waals surface area contributed by atoms with Gasteiger partial charge < -0.3 is 9.80 Å². The van der Waals surface area contributed by atoms with Crippen molar-refractivity contribution in [2.75, 3.05) is 26.2 Å². The van der Waals surface area contributed by atoms with E-state index in [0.717, 1.165) is 31.2 Å². The van der Waals surface area contributed by atoms with Crippen molar-refractivity contribution in [1.29, 1.82) is 0 Å². The van der Waals surface area contributed by atoms with Crippen molar-refractivity contribution in [2.24, 2.45) is 5.92 Å². The lowest BCUT2D eigenvalue weighted by atomic mass is 9.88. The van der Waals surface area contributed by atoms with Gasteiger partial charge in [-0.25, -0.2) is 4.39 Å². The molecule has 0 N–H and O–H groups in total. The molecule has 4 nitrogen and oxygen atoms in total. The van der Waals surface area contributed by atoms with Gasteiger partial charge in [0.15, 0.2) is 0 Å². The third-order valence-corrected chi connectivity index (χ3v) is 5.82. The standard InChI is InChI=1S/C21H29FN2O2/c1-16(17-7-9-19(22)10-8-17)15-20(25)23-11-13-24(14-12-23)21(26)18-5-3-2-4-6-18/h7-10,16,18H,2-6,11-15H2,1H3. The number of rotatable bonds is 4. The Kier molecular flexibility index (Phi) is 6.28. The first-order valence-electron chi connectivity index (χ1n) is 9.86. The van der Waals surface area contributed by atoms with Crippen LogP contribution in [0.15, 0.2) is 24.3 Å². The van der Waals surface area contributed by atoms with Crippen LogP contribution in [0.25, 0.3) is 0 Å². The van der Waals surface area contributed by atoms with Crippen LogP contribution in [0.4, 0.5) is 4.39 Å². The van der Waals surface area contributed by atoms with Crippen LogP contribution in [0.1, 0.15) is 56.9 Å². The summed E-state index contributed by atoms with van der Waals surface area (Å²) in [5.41, 5.74) is 0.978. The first-order valence-corrected chi connectivity index (χ1v) is 9.86. The van der Waals surface area contributed by atoms with Gasteiger partial charge in [0.05, 0.1) is 0 Å². The van der Waals surface area contributed by atoms with Crippen LogP contribution in [0.2, 0.25) is 0 Å².